The zero-order valence-corrected chi connectivity index (χ0v) is 16.0. The third kappa shape index (κ3) is 3.69. The van der Waals surface area contributed by atoms with Gasteiger partial charge in [0, 0.05) is 0 Å². The molecule has 1 aromatic heterocycles. The number of nitrogens with zero attached hydrogens (tertiary/aromatic N) is 2. The van der Waals surface area contributed by atoms with Gasteiger partial charge in [-0.3, -0.25) is 19.4 Å². The van der Waals surface area contributed by atoms with Gasteiger partial charge >= 0.3 is 0 Å². The molecular weight excluding hydrogens is 382 g/mol. The zero-order chi connectivity index (χ0) is 19.7. The molecule has 2 fully saturated rings. The summed E-state index contributed by atoms with van der Waals surface area (Å²) < 4.78 is 16.3. The van der Waals surface area contributed by atoms with Gasteiger partial charge in [-0.25, -0.2) is 0 Å². The van der Waals surface area contributed by atoms with E-state index < -0.39 is 0 Å². The van der Waals surface area contributed by atoms with Crippen LogP contribution in [0.4, 0.5) is 0 Å². The Morgan fingerprint density at radius 3 is 2.82 bits per heavy atom. The number of hydrogen-bond acceptors (Lipinski definition) is 7. The minimum Gasteiger partial charge on any atom is -0.463 e. The van der Waals surface area contributed by atoms with Crippen LogP contribution in [0.15, 0.2) is 45.4 Å². The van der Waals surface area contributed by atoms with Crippen molar-refractivity contribution in [3.8, 4) is 0 Å². The predicted molar refractivity (Wildman–Crippen MR) is 106 cm³/mol. The molecule has 0 saturated carbocycles. The predicted octanol–water partition coefficient (Wildman–Crippen LogP) is 1.11. The van der Waals surface area contributed by atoms with Crippen LogP contribution in [0.3, 0.4) is 0 Å². The molecule has 8 nitrogen and oxygen atoms in total. The van der Waals surface area contributed by atoms with Crippen LogP contribution < -0.4 is 10.7 Å². The van der Waals surface area contributed by atoms with Crippen molar-refractivity contribution in [2.45, 2.75) is 6.29 Å². The summed E-state index contributed by atoms with van der Waals surface area (Å²) in [7, 11) is 1.85. The van der Waals surface area contributed by atoms with Gasteiger partial charge in [0.15, 0.2) is 16.8 Å². The Morgan fingerprint density at radius 1 is 1.29 bits per heavy atom. The van der Waals surface area contributed by atoms with E-state index in [-0.39, 0.29) is 40.7 Å². The van der Waals surface area contributed by atoms with Crippen molar-refractivity contribution in [2.75, 3.05) is 33.5 Å². The molecule has 2 aliphatic rings. The van der Waals surface area contributed by atoms with Crippen LogP contribution in [-0.4, -0.2) is 60.6 Å². The molecule has 0 spiro atoms. The van der Waals surface area contributed by atoms with Crippen molar-refractivity contribution in [1.82, 2.24) is 15.1 Å². The molecule has 0 aliphatic carbocycles. The van der Waals surface area contributed by atoms with Gasteiger partial charge in [0.2, 0.25) is 0 Å². The van der Waals surface area contributed by atoms with Crippen LogP contribution in [0.25, 0.3) is 17.0 Å². The average Bonchev–Trinajstić information content (AvgIpc) is 3.28. The minimum absolute atomic E-state index is 0.207. The standard InChI is InChI=1S/C19H19N3O5S/c1-21(9-16-25-6-7-26-16)11-22-18(24)14(20-19(22)28)8-12-10-27-15-5-3-2-4-13(15)17(12)23/h2-5,8,10,16H,6-7,9,11H2,1H3,(H,20,28)/b14-8+. The number of carbonyl (C=O) groups is 1. The van der Waals surface area contributed by atoms with E-state index in [0.29, 0.717) is 30.7 Å². The Hall–Kier alpha value is -2.59. The highest BCUT2D eigenvalue weighted by atomic mass is 32.1. The van der Waals surface area contributed by atoms with Crippen molar-refractivity contribution in [1.29, 1.82) is 0 Å². The fourth-order valence-electron chi connectivity index (χ4n) is 3.11. The number of likely N-dealkylation sites (N-methyl/N-ethyl adjacent to an activating group) is 1. The first kappa shape index (κ1) is 18.8. The lowest BCUT2D eigenvalue weighted by atomic mass is 10.1. The van der Waals surface area contributed by atoms with Crippen LogP contribution >= 0.6 is 12.2 Å². The quantitative estimate of drug-likeness (QED) is 0.589. The maximum atomic E-state index is 12.8. The van der Waals surface area contributed by atoms with Gasteiger partial charge in [-0.05, 0) is 37.5 Å². The van der Waals surface area contributed by atoms with Crippen LogP contribution in [0.2, 0.25) is 0 Å². The Bertz CT molecular complexity index is 1010. The van der Waals surface area contributed by atoms with E-state index >= 15 is 0 Å². The monoisotopic (exact) mass is 401 g/mol. The van der Waals surface area contributed by atoms with Crippen LogP contribution in [0.5, 0.6) is 0 Å². The lowest BCUT2D eigenvalue weighted by molar-refractivity contribution is -0.124. The van der Waals surface area contributed by atoms with Crippen molar-refractivity contribution in [3.05, 3.63) is 52.0 Å². The average molecular weight is 401 g/mol. The van der Waals surface area contributed by atoms with Gasteiger partial charge in [0.1, 0.15) is 17.5 Å². The smallest absolute Gasteiger partial charge is 0.277 e. The molecule has 0 bridgehead atoms. The number of hydrogen-bond donors (Lipinski definition) is 1. The second-order valence-corrected chi connectivity index (χ2v) is 6.98. The maximum Gasteiger partial charge on any atom is 0.277 e. The molecule has 0 atom stereocenters. The second-order valence-electron chi connectivity index (χ2n) is 6.59. The van der Waals surface area contributed by atoms with E-state index in [9.17, 15) is 9.59 Å². The molecule has 1 amide bonds. The van der Waals surface area contributed by atoms with E-state index in [1.54, 1.807) is 24.3 Å². The highest BCUT2D eigenvalue weighted by molar-refractivity contribution is 7.80. The summed E-state index contributed by atoms with van der Waals surface area (Å²) >= 11 is 5.28. The summed E-state index contributed by atoms with van der Waals surface area (Å²) in [6.45, 7) is 1.93. The summed E-state index contributed by atoms with van der Waals surface area (Å²) in [4.78, 5) is 28.7. The molecule has 2 aromatic rings. The van der Waals surface area contributed by atoms with Gasteiger partial charge in [-0.1, -0.05) is 12.1 Å². The van der Waals surface area contributed by atoms with Gasteiger partial charge in [-0.2, -0.15) is 0 Å². The normalized spacial score (nSPS) is 19.4. The molecule has 1 aromatic carbocycles. The SMILES string of the molecule is CN(CC1OCCO1)CN1C(=O)/C(=C\c2coc3ccccc3c2=O)NC1=S. The Morgan fingerprint density at radius 2 is 2.04 bits per heavy atom. The first-order chi connectivity index (χ1) is 13.5. The first-order valence-electron chi connectivity index (χ1n) is 8.80. The van der Waals surface area contributed by atoms with Crippen molar-refractivity contribution in [2.24, 2.45) is 0 Å². The Balaban J connectivity index is 1.52. The topological polar surface area (TPSA) is 84.2 Å². The molecule has 3 heterocycles. The van der Waals surface area contributed by atoms with E-state index in [1.807, 2.05) is 11.9 Å². The zero-order valence-electron chi connectivity index (χ0n) is 15.2. The Kier molecular flexibility index (Phi) is 5.23. The largest absolute Gasteiger partial charge is 0.463 e. The van der Waals surface area contributed by atoms with Crippen molar-refractivity contribution in [3.63, 3.8) is 0 Å². The van der Waals surface area contributed by atoms with Gasteiger partial charge in [0.25, 0.3) is 5.91 Å². The van der Waals surface area contributed by atoms with E-state index in [2.05, 4.69) is 5.32 Å². The Labute approximate surface area is 166 Å². The molecule has 4 rings (SSSR count). The molecule has 0 unspecified atom stereocenters. The number of benzene rings is 1. The van der Waals surface area contributed by atoms with Gasteiger partial charge < -0.3 is 19.2 Å². The number of ether oxygens (including phenoxy) is 2. The van der Waals surface area contributed by atoms with E-state index in [0.717, 1.165) is 0 Å². The number of carbonyl (C=O) groups excluding carboxylic acids is 1. The van der Waals surface area contributed by atoms with E-state index in [4.69, 9.17) is 26.1 Å². The fraction of sp³-hybridized carbons (Fsp3) is 0.316. The summed E-state index contributed by atoms with van der Waals surface area (Å²) in [6.07, 6.45) is 2.51. The van der Waals surface area contributed by atoms with Gasteiger partial charge in [0.05, 0.1) is 37.4 Å². The summed E-state index contributed by atoms with van der Waals surface area (Å²) in [5.41, 5.74) is 0.797. The minimum atomic E-state index is -0.308. The van der Waals surface area contributed by atoms with Crippen LogP contribution in [0, 0.1) is 0 Å². The molecule has 0 radical (unpaired) electrons. The first-order valence-corrected chi connectivity index (χ1v) is 9.20. The van der Waals surface area contributed by atoms with E-state index in [1.165, 1.54) is 17.2 Å². The molecule has 2 aliphatic heterocycles. The number of fused-ring (bicyclic) bond motifs is 1. The summed E-state index contributed by atoms with van der Waals surface area (Å²) in [5, 5.41) is 3.61. The number of thiocarbonyl (C=S) groups is 1. The molecule has 28 heavy (non-hydrogen) atoms. The summed E-state index contributed by atoms with van der Waals surface area (Å²) in [6, 6.07) is 6.96. The molecular formula is C19H19N3O5S. The van der Waals surface area contributed by atoms with Crippen LogP contribution in [-0.2, 0) is 14.3 Å². The molecule has 2 saturated heterocycles. The number of para-hydroxylation sites is 1. The highest BCUT2D eigenvalue weighted by Gasteiger charge is 2.32. The van der Waals surface area contributed by atoms with Crippen LogP contribution in [0.1, 0.15) is 5.56 Å². The highest BCUT2D eigenvalue weighted by Crippen LogP contribution is 2.16. The molecule has 146 valence electrons. The number of amides is 1. The number of rotatable bonds is 5. The lowest BCUT2D eigenvalue weighted by Gasteiger charge is -2.24. The fourth-order valence-corrected chi connectivity index (χ4v) is 3.36. The number of nitrogens with one attached hydrogen (secondary N) is 1. The molecule has 1 N–H and O–H groups in total. The maximum absolute atomic E-state index is 12.8. The van der Waals surface area contributed by atoms with Crippen molar-refractivity contribution >= 4 is 40.3 Å². The lowest BCUT2D eigenvalue weighted by Crippen LogP contribution is -2.42. The summed E-state index contributed by atoms with van der Waals surface area (Å²) in [5.74, 6) is -0.308. The van der Waals surface area contributed by atoms with Crippen molar-refractivity contribution < 1.29 is 18.7 Å². The van der Waals surface area contributed by atoms with Gasteiger partial charge in [-0.15, -0.1) is 0 Å². The third-order valence-corrected chi connectivity index (χ3v) is 4.83. The second kappa shape index (κ2) is 7.80. The molecule has 9 heteroatoms. The third-order valence-electron chi connectivity index (χ3n) is 4.50.